The molecule has 0 radical (unpaired) electrons. The number of carboxylic acids is 1. The Morgan fingerprint density at radius 2 is 1.81 bits per heavy atom. The lowest BCUT2D eigenvalue weighted by molar-refractivity contribution is -0.147. The Bertz CT molecular complexity index is 410. The molecule has 1 atom stereocenters. The van der Waals surface area contributed by atoms with Gasteiger partial charge >= 0.3 is 5.97 Å². The van der Waals surface area contributed by atoms with Crippen LogP contribution in [0.25, 0.3) is 0 Å². The van der Waals surface area contributed by atoms with E-state index >= 15 is 0 Å². The van der Waals surface area contributed by atoms with Gasteiger partial charge in [-0.25, -0.2) is 4.79 Å². The first-order chi connectivity index (χ1) is 7.34. The maximum Gasteiger partial charge on any atom is 0.337 e. The Morgan fingerprint density at radius 1 is 1.25 bits per heavy atom. The number of aliphatic hydroxyl groups is 1. The minimum atomic E-state index is -1.54. The molecule has 0 amide bonds. The van der Waals surface area contributed by atoms with Crippen molar-refractivity contribution in [3.63, 3.8) is 0 Å². The molecule has 0 aliphatic carbocycles. The highest BCUT2D eigenvalue weighted by Crippen LogP contribution is 2.31. The summed E-state index contributed by atoms with van der Waals surface area (Å²) in [6, 6.07) is 3.03. The molecule has 0 saturated heterocycles. The second-order valence-corrected chi connectivity index (χ2v) is 4.16. The largest absolute Gasteiger partial charge is 0.508 e. The van der Waals surface area contributed by atoms with Gasteiger partial charge in [-0.3, -0.25) is 0 Å². The van der Waals surface area contributed by atoms with Crippen LogP contribution < -0.4 is 0 Å². The van der Waals surface area contributed by atoms with Crippen molar-refractivity contribution < 1.29 is 20.1 Å². The molecule has 16 heavy (non-hydrogen) atoms. The average molecular weight is 224 g/mol. The summed E-state index contributed by atoms with van der Waals surface area (Å²) < 4.78 is 0. The van der Waals surface area contributed by atoms with E-state index in [1.54, 1.807) is 6.92 Å². The van der Waals surface area contributed by atoms with Crippen LogP contribution in [0.15, 0.2) is 12.1 Å². The van der Waals surface area contributed by atoms with E-state index in [2.05, 4.69) is 0 Å². The minimum Gasteiger partial charge on any atom is -0.508 e. The van der Waals surface area contributed by atoms with Gasteiger partial charge in [-0.2, -0.15) is 0 Å². The summed E-state index contributed by atoms with van der Waals surface area (Å²) >= 11 is 0. The van der Waals surface area contributed by atoms with Crippen LogP contribution in [0.5, 0.6) is 5.75 Å². The lowest BCUT2D eigenvalue weighted by Gasteiger charge is -2.17. The summed E-state index contributed by atoms with van der Waals surface area (Å²) in [5.41, 5.74) is 1.55. The lowest BCUT2D eigenvalue weighted by Crippen LogP contribution is -2.13. The highest BCUT2D eigenvalue weighted by molar-refractivity contribution is 5.75. The van der Waals surface area contributed by atoms with E-state index in [9.17, 15) is 15.0 Å². The second-order valence-electron chi connectivity index (χ2n) is 4.16. The van der Waals surface area contributed by atoms with E-state index in [0.717, 1.165) is 0 Å². The number of hydrogen-bond acceptors (Lipinski definition) is 3. The van der Waals surface area contributed by atoms with Gasteiger partial charge in [0.1, 0.15) is 5.75 Å². The lowest BCUT2D eigenvalue weighted by atomic mass is 9.92. The van der Waals surface area contributed by atoms with Crippen molar-refractivity contribution in [3.05, 3.63) is 28.8 Å². The van der Waals surface area contributed by atoms with Crippen molar-refractivity contribution >= 4 is 5.97 Å². The summed E-state index contributed by atoms with van der Waals surface area (Å²) in [6.07, 6.45) is -1.54. The van der Waals surface area contributed by atoms with E-state index in [4.69, 9.17) is 5.11 Å². The first kappa shape index (κ1) is 12.5. The number of carbonyl (C=O) groups is 1. The number of hydrogen-bond donors (Lipinski definition) is 3. The molecule has 0 fully saturated rings. The molecule has 0 aliphatic rings. The number of aryl methyl sites for hydroxylation is 1. The van der Waals surface area contributed by atoms with Crippen LogP contribution in [0, 0.1) is 6.92 Å². The Labute approximate surface area is 94.2 Å². The third-order valence-corrected chi connectivity index (χ3v) is 2.55. The third kappa shape index (κ3) is 2.33. The summed E-state index contributed by atoms with van der Waals surface area (Å²) in [4.78, 5) is 10.8. The fourth-order valence-corrected chi connectivity index (χ4v) is 1.60. The smallest absolute Gasteiger partial charge is 0.337 e. The Morgan fingerprint density at radius 3 is 2.25 bits per heavy atom. The van der Waals surface area contributed by atoms with E-state index < -0.39 is 12.1 Å². The van der Waals surface area contributed by atoms with Gasteiger partial charge < -0.3 is 15.3 Å². The maximum atomic E-state index is 10.8. The van der Waals surface area contributed by atoms with Crippen molar-refractivity contribution in [2.45, 2.75) is 32.8 Å². The Balaban J connectivity index is 3.35. The fourth-order valence-electron chi connectivity index (χ4n) is 1.60. The van der Waals surface area contributed by atoms with Gasteiger partial charge in [0.15, 0.2) is 6.10 Å². The van der Waals surface area contributed by atoms with Crippen LogP contribution in [0.3, 0.4) is 0 Å². The van der Waals surface area contributed by atoms with Gasteiger partial charge in [-0.1, -0.05) is 13.8 Å². The standard InChI is InChI=1S/C12H16O4/c1-6(2)8-5-10(13)7(3)4-9(8)11(14)12(15)16/h4-6,11,13-14H,1-3H3,(H,15,16). The van der Waals surface area contributed by atoms with Crippen molar-refractivity contribution in [2.75, 3.05) is 0 Å². The van der Waals surface area contributed by atoms with Crippen LogP contribution in [0.1, 0.15) is 42.6 Å². The van der Waals surface area contributed by atoms with Crippen LogP contribution in [0.2, 0.25) is 0 Å². The molecule has 1 aromatic rings. The van der Waals surface area contributed by atoms with Crippen LogP contribution in [-0.2, 0) is 4.79 Å². The molecule has 1 aromatic carbocycles. The van der Waals surface area contributed by atoms with Gasteiger partial charge in [-0.15, -0.1) is 0 Å². The predicted octanol–water partition coefficient (Wildman–Crippen LogP) is 1.94. The number of aliphatic hydroxyl groups excluding tert-OH is 1. The number of rotatable bonds is 3. The van der Waals surface area contributed by atoms with E-state index in [-0.39, 0.29) is 11.7 Å². The second kappa shape index (κ2) is 4.53. The van der Waals surface area contributed by atoms with Crippen molar-refractivity contribution in [3.8, 4) is 5.75 Å². The minimum absolute atomic E-state index is 0.0375. The number of aromatic hydroxyl groups is 1. The van der Waals surface area contributed by atoms with Crippen LogP contribution >= 0.6 is 0 Å². The van der Waals surface area contributed by atoms with Gasteiger partial charge in [0, 0.05) is 0 Å². The average Bonchev–Trinajstić information content (AvgIpc) is 2.19. The molecule has 0 saturated carbocycles. The molecule has 88 valence electrons. The Kier molecular flexibility index (Phi) is 3.55. The molecule has 4 nitrogen and oxygen atoms in total. The molecular weight excluding hydrogens is 208 g/mol. The SMILES string of the molecule is Cc1cc(C(O)C(=O)O)c(C(C)C)cc1O. The van der Waals surface area contributed by atoms with Crippen molar-refractivity contribution in [1.29, 1.82) is 0 Å². The molecule has 0 heterocycles. The summed E-state index contributed by atoms with van der Waals surface area (Å²) in [5.74, 6) is -1.13. The van der Waals surface area contributed by atoms with E-state index in [0.29, 0.717) is 16.7 Å². The molecule has 4 heteroatoms. The molecule has 1 rings (SSSR count). The quantitative estimate of drug-likeness (QED) is 0.733. The predicted molar refractivity (Wildman–Crippen MR) is 59.5 cm³/mol. The van der Waals surface area contributed by atoms with Crippen molar-refractivity contribution in [1.82, 2.24) is 0 Å². The first-order valence-corrected chi connectivity index (χ1v) is 5.08. The fraction of sp³-hybridized carbons (Fsp3) is 0.417. The monoisotopic (exact) mass is 224 g/mol. The van der Waals surface area contributed by atoms with Gasteiger partial charge in [0.05, 0.1) is 0 Å². The number of phenolic OH excluding ortho intramolecular Hbond substituents is 1. The Hall–Kier alpha value is -1.55. The van der Waals surface area contributed by atoms with E-state index in [1.165, 1.54) is 12.1 Å². The van der Waals surface area contributed by atoms with Gasteiger partial charge in [-0.05, 0) is 41.7 Å². The normalized spacial score (nSPS) is 12.8. The molecule has 0 spiro atoms. The zero-order chi connectivity index (χ0) is 12.5. The molecule has 3 N–H and O–H groups in total. The van der Waals surface area contributed by atoms with Gasteiger partial charge in [0.2, 0.25) is 0 Å². The molecular formula is C12H16O4. The number of aliphatic carboxylic acids is 1. The highest BCUT2D eigenvalue weighted by Gasteiger charge is 2.22. The first-order valence-electron chi connectivity index (χ1n) is 5.08. The maximum absolute atomic E-state index is 10.8. The number of benzene rings is 1. The van der Waals surface area contributed by atoms with Gasteiger partial charge in [0.25, 0.3) is 0 Å². The van der Waals surface area contributed by atoms with E-state index in [1.807, 2.05) is 13.8 Å². The van der Waals surface area contributed by atoms with Crippen molar-refractivity contribution in [2.24, 2.45) is 0 Å². The topological polar surface area (TPSA) is 77.8 Å². The summed E-state index contributed by atoms with van der Waals surface area (Å²) in [7, 11) is 0. The van der Waals surface area contributed by atoms with Crippen LogP contribution in [0.4, 0.5) is 0 Å². The molecule has 0 bridgehead atoms. The molecule has 1 unspecified atom stereocenters. The number of phenols is 1. The highest BCUT2D eigenvalue weighted by atomic mass is 16.4. The third-order valence-electron chi connectivity index (χ3n) is 2.55. The zero-order valence-corrected chi connectivity index (χ0v) is 9.56. The zero-order valence-electron chi connectivity index (χ0n) is 9.56. The van der Waals surface area contributed by atoms with Crippen LogP contribution in [-0.4, -0.2) is 21.3 Å². The summed E-state index contributed by atoms with van der Waals surface area (Å²) in [5, 5.41) is 27.9. The summed E-state index contributed by atoms with van der Waals surface area (Å²) in [6.45, 7) is 5.42. The number of carboxylic acid groups (broad SMARTS) is 1. The molecule has 0 aromatic heterocycles. The molecule has 0 aliphatic heterocycles.